The molecule has 0 N–H and O–H groups in total. The molecule has 0 fully saturated rings. The maximum absolute atomic E-state index is 13.1. The molecule has 2 aliphatic heterocycles. The number of fused-ring (bicyclic) bond motifs is 3. The first-order chi connectivity index (χ1) is 16.6. The van der Waals surface area contributed by atoms with Crippen LogP contribution in [-0.2, 0) is 13.1 Å². The van der Waals surface area contributed by atoms with Gasteiger partial charge in [-0.15, -0.1) is 0 Å². The number of para-hydroxylation sites is 1. The molecule has 2 heterocycles. The number of carbonyl (C=O) groups excluding carboxylic acids is 1. The van der Waals surface area contributed by atoms with Crippen molar-refractivity contribution in [1.29, 1.82) is 0 Å². The van der Waals surface area contributed by atoms with Crippen LogP contribution >= 0.6 is 0 Å². The van der Waals surface area contributed by atoms with Crippen molar-refractivity contribution < 1.29 is 28.5 Å². The number of hydrogen-bond donors (Lipinski definition) is 0. The Hall–Kier alpha value is -3.97. The maximum Gasteiger partial charge on any atom is 0.231 e. The summed E-state index contributed by atoms with van der Waals surface area (Å²) in [6.07, 6.45) is 1.70. The Bertz CT molecular complexity index is 1280. The second-order valence-corrected chi connectivity index (χ2v) is 8.04. The van der Waals surface area contributed by atoms with E-state index in [0.29, 0.717) is 42.6 Å². The molecular formula is C27H25NO6. The van der Waals surface area contributed by atoms with Gasteiger partial charge in [0.1, 0.15) is 35.5 Å². The van der Waals surface area contributed by atoms with Crippen molar-refractivity contribution in [2.45, 2.75) is 13.1 Å². The van der Waals surface area contributed by atoms with Gasteiger partial charge in [0.2, 0.25) is 5.78 Å². The molecule has 7 heteroatoms. The summed E-state index contributed by atoms with van der Waals surface area (Å²) >= 11 is 0. The van der Waals surface area contributed by atoms with Crippen LogP contribution in [0.4, 0.5) is 0 Å². The van der Waals surface area contributed by atoms with E-state index in [2.05, 4.69) is 4.90 Å². The van der Waals surface area contributed by atoms with Gasteiger partial charge in [0.15, 0.2) is 5.76 Å². The lowest BCUT2D eigenvalue weighted by Gasteiger charge is -2.30. The highest BCUT2D eigenvalue weighted by Crippen LogP contribution is 2.42. The van der Waals surface area contributed by atoms with E-state index in [0.717, 1.165) is 28.2 Å². The van der Waals surface area contributed by atoms with E-state index in [1.54, 1.807) is 39.5 Å². The number of Topliss-reactive ketones (excluding diaryl/α,β-unsaturated/α-hetero) is 1. The molecule has 0 aromatic heterocycles. The molecule has 34 heavy (non-hydrogen) atoms. The summed E-state index contributed by atoms with van der Waals surface area (Å²) < 4.78 is 28.3. The summed E-state index contributed by atoms with van der Waals surface area (Å²) in [6, 6.07) is 16.9. The van der Waals surface area contributed by atoms with Gasteiger partial charge in [0.05, 0.1) is 32.5 Å². The fourth-order valence-electron chi connectivity index (χ4n) is 4.26. The van der Waals surface area contributed by atoms with Crippen molar-refractivity contribution in [3.05, 3.63) is 82.6 Å². The molecule has 3 aromatic rings. The smallest absolute Gasteiger partial charge is 0.231 e. The van der Waals surface area contributed by atoms with E-state index in [1.165, 1.54) is 0 Å². The quantitative estimate of drug-likeness (QED) is 0.496. The van der Waals surface area contributed by atoms with Crippen molar-refractivity contribution in [2.75, 3.05) is 28.1 Å². The molecule has 174 valence electrons. The lowest BCUT2D eigenvalue weighted by Crippen LogP contribution is -2.31. The lowest BCUT2D eigenvalue weighted by molar-refractivity contribution is 0.0865. The third-order valence-corrected chi connectivity index (χ3v) is 6.00. The van der Waals surface area contributed by atoms with Crippen LogP contribution in [0, 0.1) is 0 Å². The minimum Gasteiger partial charge on any atom is -0.497 e. The Balaban J connectivity index is 1.43. The Morgan fingerprint density at radius 3 is 2.59 bits per heavy atom. The van der Waals surface area contributed by atoms with Crippen LogP contribution in [0.1, 0.15) is 27.0 Å². The van der Waals surface area contributed by atoms with Gasteiger partial charge in [-0.05, 0) is 36.4 Å². The van der Waals surface area contributed by atoms with Gasteiger partial charge in [-0.3, -0.25) is 9.69 Å². The summed E-state index contributed by atoms with van der Waals surface area (Å²) in [7, 11) is 4.83. The minimum absolute atomic E-state index is 0.169. The second-order valence-electron chi connectivity index (χ2n) is 8.04. The summed E-state index contributed by atoms with van der Waals surface area (Å²) in [4.78, 5) is 15.3. The number of nitrogens with zero attached hydrogens (tertiary/aromatic N) is 1. The average Bonchev–Trinajstić information content (AvgIpc) is 3.20. The third kappa shape index (κ3) is 3.95. The summed E-state index contributed by atoms with van der Waals surface area (Å²) in [5, 5.41) is 0. The maximum atomic E-state index is 13.1. The number of allylic oxidation sites excluding steroid dienone is 1. The predicted octanol–water partition coefficient (Wildman–Crippen LogP) is 4.68. The SMILES string of the molecule is COc1ccc(/C=C2\Oc3c(ccc4c3CN(Cc3ccccc3OC)CO4)C2=O)c(OC)c1. The molecule has 0 saturated carbocycles. The number of ketones is 1. The molecule has 0 atom stereocenters. The van der Waals surface area contributed by atoms with Crippen LogP contribution in [0.2, 0.25) is 0 Å². The summed E-state index contributed by atoms with van der Waals surface area (Å²) in [5.74, 6) is 3.44. The highest BCUT2D eigenvalue weighted by molar-refractivity contribution is 6.15. The van der Waals surface area contributed by atoms with E-state index in [9.17, 15) is 4.79 Å². The zero-order chi connectivity index (χ0) is 23.7. The Morgan fingerprint density at radius 1 is 0.971 bits per heavy atom. The number of hydrogen-bond acceptors (Lipinski definition) is 7. The molecule has 0 saturated heterocycles. The van der Waals surface area contributed by atoms with Crippen molar-refractivity contribution in [2.24, 2.45) is 0 Å². The molecule has 5 rings (SSSR count). The summed E-state index contributed by atoms with van der Waals surface area (Å²) in [5.41, 5.74) is 3.17. The normalized spacial score (nSPS) is 15.9. The first-order valence-electron chi connectivity index (χ1n) is 10.9. The number of benzene rings is 3. The molecule has 2 aliphatic rings. The molecule has 0 spiro atoms. The largest absolute Gasteiger partial charge is 0.497 e. The topological polar surface area (TPSA) is 66.5 Å². The Morgan fingerprint density at radius 2 is 1.79 bits per heavy atom. The van der Waals surface area contributed by atoms with Gasteiger partial charge in [-0.2, -0.15) is 0 Å². The van der Waals surface area contributed by atoms with Gasteiger partial charge in [-0.25, -0.2) is 0 Å². The molecule has 7 nitrogen and oxygen atoms in total. The minimum atomic E-state index is -0.169. The van der Waals surface area contributed by atoms with E-state index >= 15 is 0 Å². The van der Waals surface area contributed by atoms with Crippen LogP contribution in [0.5, 0.6) is 28.7 Å². The first-order valence-corrected chi connectivity index (χ1v) is 10.9. The van der Waals surface area contributed by atoms with Crippen molar-refractivity contribution >= 4 is 11.9 Å². The molecule has 0 aliphatic carbocycles. The van der Waals surface area contributed by atoms with Crippen molar-refractivity contribution in [3.63, 3.8) is 0 Å². The van der Waals surface area contributed by atoms with Gasteiger partial charge >= 0.3 is 0 Å². The zero-order valence-corrected chi connectivity index (χ0v) is 19.3. The van der Waals surface area contributed by atoms with Crippen LogP contribution < -0.4 is 23.7 Å². The van der Waals surface area contributed by atoms with Crippen LogP contribution in [0.25, 0.3) is 6.08 Å². The van der Waals surface area contributed by atoms with E-state index in [-0.39, 0.29) is 11.5 Å². The first kappa shape index (κ1) is 21.9. The van der Waals surface area contributed by atoms with E-state index < -0.39 is 0 Å². The van der Waals surface area contributed by atoms with Crippen LogP contribution in [-0.4, -0.2) is 38.7 Å². The Kier molecular flexibility index (Phi) is 5.86. The van der Waals surface area contributed by atoms with Gasteiger partial charge in [0, 0.05) is 30.3 Å². The molecule has 0 radical (unpaired) electrons. The van der Waals surface area contributed by atoms with Crippen LogP contribution in [0.15, 0.2) is 60.4 Å². The highest BCUT2D eigenvalue weighted by Gasteiger charge is 2.34. The molecule has 0 bridgehead atoms. The van der Waals surface area contributed by atoms with Gasteiger partial charge in [-0.1, -0.05) is 18.2 Å². The Labute approximate surface area is 198 Å². The molecular weight excluding hydrogens is 434 g/mol. The fraction of sp³-hybridized carbons (Fsp3) is 0.222. The average molecular weight is 459 g/mol. The number of ether oxygens (including phenoxy) is 5. The van der Waals surface area contributed by atoms with Crippen molar-refractivity contribution in [1.82, 2.24) is 4.90 Å². The van der Waals surface area contributed by atoms with Crippen LogP contribution in [0.3, 0.4) is 0 Å². The molecule has 0 amide bonds. The monoisotopic (exact) mass is 459 g/mol. The predicted molar refractivity (Wildman–Crippen MR) is 127 cm³/mol. The lowest BCUT2D eigenvalue weighted by atomic mass is 10.0. The number of rotatable bonds is 6. The van der Waals surface area contributed by atoms with E-state index in [1.807, 2.05) is 42.5 Å². The zero-order valence-electron chi connectivity index (χ0n) is 19.3. The van der Waals surface area contributed by atoms with Crippen molar-refractivity contribution in [3.8, 4) is 28.7 Å². The molecule has 0 unspecified atom stereocenters. The number of methoxy groups -OCH3 is 3. The second kappa shape index (κ2) is 9.11. The summed E-state index contributed by atoms with van der Waals surface area (Å²) in [6.45, 7) is 1.67. The fourth-order valence-corrected chi connectivity index (χ4v) is 4.26. The van der Waals surface area contributed by atoms with E-state index in [4.69, 9.17) is 23.7 Å². The van der Waals surface area contributed by atoms with Gasteiger partial charge < -0.3 is 23.7 Å². The third-order valence-electron chi connectivity index (χ3n) is 6.00. The standard InChI is InChI=1S/C27H25NO6/c1-30-19-9-8-17(24(13-19)32-3)12-25-26(29)20-10-11-23-21(27(20)34-25)15-28(16-33-23)14-18-6-4-5-7-22(18)31-2/h4-13H,14-16H2,1-3H3/b25-12-. The highest BCUT2D eigenvalue weighted by atomic mass is 16.5. The van der Waals surface area contributed by atoms with Gasteiger partial charge in [0.25, 0.3) is 0 Å². The molecule has 3 aromatic carbocycles. The number of carbonyl (C=O) groups is 1.